The number of carbonyl (C=O) groups is 1. The molecule has 3 aromatic rings. The first-order valence-corrected chi connectivity index (χ1v) is 9.46. The lowest BCUT2D eigenvalue weighted by atomic mass is 10.2. The van der Waals surface area contributed by atoms with E-state index in [1.165, 1.54) is 4.52 Å². The minimum absolute atomic E-state index is 0.0175. The van der Waals surface area contributed by atoms with Crippen LogP contribution < -0.4 is 10.0 Å². The molecule has 3 rings (SSSR count). The molecule has 0 saturated carbocycles. The zero-order valence-electron chi connectivity index (χ0n) is 14.1. The van der Waals surface area contributed by atoms with E-state index in [0.29, 0.717) is 12.2 Å². The molecule has 0 aliphatic rings. The van der Waals surface area contributed by atoms with Gasteiger partial charge < -0.3 is 5.32 Å². The van der Waals surface area contributed by atoms with Gasteiger partial charge in [-0.15, -0.1) is 5.10 Å². The van der Waals surface area contributed by atoms with Gasteiger partial charge in [0.15, 0.2) is 0 Å². The molecule has 1 amide bonds. The third kappa shape index (κ3) is 4.21. The quantitative estimate of drug-likeness (QED) is 0.583. The number of carbonyl (C=O) groups excluding carboxylic acids is 1. The summed E-state index contributed by atoms with van der Waals surface area (Å²) in [6.45, 7) is 2.38. The first-order valence-electron chi connectivity index (χ1n) is 7.98. The molecular formula is C16H18N6O3S. The van der Waals surface area contributed by atoms with E-state index in [9.17, 15) is 13.2 Å². The molecule has 0 bridgehead atoms. The second-order valence-corrected chi connectivity index (χ2v) is 7.39. The molecule has 0 aliphatic carbocycles. The topological polar surface area (TPSA) is 118 Å². The Hall–Kier alpha value is -2.85. The van der Waals surface area contributed by atoms with Gasteiger partial charge in [-0.1, -0.05) is 17.7 Å². The number of hydrogen-bond acceptors (Lipinski definition) is 6. The van der Waals surface area contributed by atoms with Gasteiger partial charge in [0.1, 0.15) is 0 Å². The van der Waals surface area contributed by atoms with Gasteiger partial charge in [-0.05, 0) is 31.5 Å². The zero-order valence-corrected chi connectivity index (χ0v) is 14.9. The molecule has 0 unspecified atom stereocenters. The largest absolute Gasteiger partial charge is 0.349 e. The van der Waals surface area contributed by atoms with Gasteiger partial charge in [-0.2, -0.15) is 4.98 Å². The zero-order chi connectivity index (χ0) is 18.6. The van der Waals surface area contributed by atoms with Crippen molar-refractivity contribution in [2.45, 2.75) is 18.2 Å². The molecular weight excluding hydrogens is 356 g/mol. The second-order valence-electron chi connectivity index (χ2n) is 5.62. The van der Waals surface area contributed by atoms with Crippen LogP contribution in [0.25, 0.3) is 5.78 Å². The molecule has 10 heteroatoms. The number of sulfonamides is 1. The van der Waals surface area contributed by atoms with Crippen LogP contribution in [0.2, 0.25) is 0 Å². The van der Waals surface area contributed by atoms with Crippen molar-refractivity contribution in [1.82, 2.24) is 29.6 Å². The van der Waals surface area contributed by atoms with Crippen LogP contribution in [0.15, 0.2) is 47.6 Å². The van der Waals surface area contributed by atoms with Crippen LogP contribution in [0.1, 0.15) is 22.6 Å². The van der Waals surface area contributed by atoms with Gasteiger partial charge in [0.25, 0.3) is 11.7 Å². The van der Waals surface area contributed by atoms with E-state index in [1.54, 1.807) is 42.7 Å². The van der Waals surface area contributed by atoms with E-state index in [-0.39, 0.29) is 23.8 Å². The summed E-state index contributed by atoms with van der Waals surface area (Å²) >= 11 is 0. The summed E-state index contributed by atoms with van der Waals surface area (Å²) in [4.78, 5) is 20.2. The lowest BCUT2D eigenvalue weighted by Crippen LogP contribution is -2.30. The maximum atomic E-state index is 12.1. The molecule has 0 aliphatic heterocycles. The fourth-order valence-corrected chi connectivity index (χ4v) is 3.28. The van der Waals surface area contributed by atoms with Gasteiger partial charge in [0.2, 0.25) is 15.8 Å². The van der Waals surface area contributed by atoms with Crippen molar-refractivity contribution < 1.29 is 13.2 Å². The Balaban J connectivity index is 1.46. The van der Waals surface area contributed by atoms with Crippen molar-refractivity contribution in [1.29, 1.82) is 0 Å². The summed E-state index contributed by atoms with van der Waals surface area (Å²) in [6, 6.07) is 8.28. The van der Waals surface area contributed by atoms with E-state index in [4.69, 9.17) is 0 Å². The fraction of sp³-hybridized carbons (Fsp3) is 0.250. The molecule has 0 saturated heterocycles. The number of aryl methyl sites for hydroxylation is 1. The van der Waals surface area contributed by atoms with Crippen LogP contribution in [-0.2, 0) is 10.0 Å². The highest BCUT2D eigenvalue weighted by Crippen LogP contribution is 2.09. The summed E-state index contributed by atoms with van der Waals surface area (Å²) in [5.74, 6) is -0.0793. The van der Waals surface area contributed by atoms with Crippen molar-refractivity contribution in [3.05, 3.63) is 54.1 Å². The lowest BCUT2D eigenvalue weighted by molar-refractivity contribution is 0.0943. The molecule has 1 aromatic carbocycles. The van der Waals surface area contributed by atoms with Gasteiger partial charge >= 0.3 is 0 Å². The SMILES string of the molecule is Cc1ccc(S(=O)(=O)NCCCNC(=O)c2nc3ncccn3n2)cc1. The summed E-state index contributed by atoms with van der Waals surface area (Å²) in [5, 5.41) is 6.67. The van der Waals surface area contributed by atoms with Gasteiger partial charge in [-0.25, -0.2) is 22.6 Å². The van der Waals surface area contributed by atoms with Crippen molar-refractivity contribution in [2.75, 3.05) is 13.1 Å². The predicted molar refractivity (Wildman–Crippen MR) is 94.1 cm³/mol. The Morgan fingerprint density at radius 2 is 1.96 bits per heavy atom. The number of benzene rings is 1. The van der Waals surface area contributed by atoms with Crippen molar-refractivity contribution in [3.63, 3.8) is 0 Å². The second kappa shape index (κ2) is 7.58. The number of nitrogens with zero attached hydrogens (tertiary/aromatic N) is 4. The van der Waals surface area contributed by atoms with Crippen LogP contribution in [0, 0.1) is 6.92 Å². The van der Waals surface area contributed by atoms with Crippen LogP contribution in [-0.4, -0.2) is 47.0 Å². The van der Waals surface area contributed by atoms with Gasteiger partial charge in [-0.3, -0.25) is 4.79 Å². The minimum atomic E-state index is -3.55. The Bertz CT molecular complexity index is 981. The fourth-order valence-electron chi connectivity index (χ4n) is 2.21. The third-order valence-electron chi connectivity index (χ3n) is 3.58. The lowest BCUT2D eigenvalue weighted by Gasteiger charge is -2.07. The summed E-state index contributed by atoms with van der Waals surface area (Å²) in [6.07, 6.45) is 3.64. The molecule has 2 N–H and O–H groups in total. The average molecular weight is 374 g/mol. The molecule has 0 spiro atoms. The van der Waals surface area contributed by atoms with Crippen molar-refractivity contribution in [3.8, 4) is 0 Å². The molecule has 0 fully saturated rings. The van der Waals surface area contributed by atoms with Crippen LogP contribution >= 0.6 is 0 Å². The highest BCUT2D eigenvalue weighted by molar-refractivity contribution is 7.89. The predicted octanol–water partition coefficient (Wildman–Crippen LogP) is 0.531. The molecule has 2 aromatic heterocycles. The number of rotatable bonds is 7. The molecule has 0 radical (unpaired) electrons. The number of hydrogen-bond donors (Lipinski definition) is 2. The van der Waals surface area contributed by atoms with Crippen molar-refractivity contribution >= 4 is 21.7 Å². The number of aromatic nitrogens is 4. The van der Waals surface area contributed by atoms with Gasteiger partial charge in [0, 0.05) is 25.5 Å². The number of amides is 1. The first-order chi connectivity index (χ1) is 12.5. The van der Waals surface area contributed by atoms with Crippen LogP contribution in [0.5, 0.6) is 0 Å². The Morgan fingerprint density at radius 1 is 1.19 bits per heavy atom. The maximum absolute atomic E-state index is 12.1. The molecule has 9 nitrogen and oxygen atoms in total. The van der Waals surface area contributed by atoms with E-state index in [2.05, 4.69) is 25.1 Å². The third-order valence-corrected chi connectivity index (χ3v) is 5.06. The van der Waals surface area contributed by atoms with Crippen molar-refractivity contribution in [2.24, 2.45) is 0 Å². The summed E-state index contributed by atoms with van der Waals surface area (Å²) < 4.78 is 28.2. The highest BCUT2D eigenvalue weighted by Gasteiger charge is 2.14. The monoisotopic (exact) mass is 374 g/mol. The average Bonchev–Trinajstić information content (AvgIpc) is 3.06. The van der Waals surface area contributed by atoms with E-state index < -0.39 is 15.9 Å². The first kappa shape index (κ1) is 18.0. The Kier molecular flexibility index (Phi) is 5.24. The van der Waals surface area contributed by atoms with E-state index in [0.717, 1.165) is 5.56 Å². The van der Waals surface area contributed by atoms with Crippen LogP contribution in [0.3, 0.4) is 0 Å². The molecule has 0 atom stereocenters. The number of fused-ring (bicyclic) bond motifs is 1. The summed E-state index contributed by atoms with van der Waals surface area (Å²) in [7, 11) is -3.55. The van der Waals surface area contributed by atoms with Gasteiger partial charge in [0.05, 0.1) is 4.90 Å². The smallest absolute Gasteiger partial charge is 0.291 e. The Morgan fingerprint density at radius 3 is 2.69 bits per heavy atom. The summed E-state index contributed by atoms with van der Waals surface area (Å²) in [5.41, 5.74) is 0.988. The van der Waals surface area contributed by atoms with E-state index in [1.807, 2.05) is 6.92 Å². The number of nitrogens with one attached hydrogen (secondary N) is 2. The Labute approximate surface area is 150 Å². The minimum Gasteiger partial charge on any atom is -0.349 e. The molecule has 26 heavy (non-hydrogen) atoms. The maximum Gasteiger partial charge on any atom is 0.291 e. The molecule has 136 valence electrons. The van der Waals surface area contributed by atoms with Crippen LogP contribution in [0.4, 0.5) is 0 Å². The normalized spacial score (nSPS) is 11.6. The molecule has 2 heterocycles. The van der Waals surface area contributed by atoms with E-state index >= 15 is 0 Å². The highest BCUT2D eigenvalue weighted by atomic mass is 32.2. The standard InChI is InChI=1S/C16H18N6O3S/c1-12-4-6-13(7-5-12)26(24,25)19-10-2-8-17-15(23)14-20-16-18-9-3-11-22(16)21-14/h3-7,9,11,19H,2,8,10H2,1H3,(H,17,23).